The van der Waals surface area contributed by atoms with Crippen molar-refractivity contribution >= 4 is 35.0 Å². The fourth-order valence-corrected chi connectivity index (χ4v) is 4.23. The summed E-state index contributed by atoms with van der Waals surface area (Å²) in [4.78, 5) is 3.35. The Hall–Kier alpha value is -0.740. The minimum Gasteiger partial charge on any atom is -0.331 e. The van der Waals surface area contributed by atoms with Crippen molar-refractivity contribution < 1.29 is 0 Å². The number of rotatable bonds is 2. The maximum absolute atomic E-state index is 5.54. The van der Waals surface area contributed by atoms with E-state index in [1.807, 2.05) is 11.8 Å². The number of fused-ring (bicyclic) bond motifs is 1. The minimum absolute atomic E-state index is 0.575. The Morgan fingerprint density at radius 1 is 1.26 bits per heavy atom. The molecule has 1 heterocycles. The Balaban J connectivity index is 1.98. The van der Waals surface area contributed by atoms with E-state index in [2.05, 4.69) is 40.9 Å². The molecule has 102 valence electrons. The van der Waals surface area contributed by atoms with Crippen LogP contribution in [0.4, 0.5) is 0 Å². The summed E-state index contributed by atoms with van der Waals surface area (Å²) in [6.45, 7) is 2.14. The van der Waals surface area contributed by atoms with Crippen molar-refractivity contribution in [1.29, 1.82) is 0 Å². The first-order chi connectivity index (χ1) is 9.19. The normalized spacial score (nSPS) is 23.9. The zero-order valence-corrected chi connectivity index (χ0v) is 13.1. The third-order valence-electron chi connectivity index (χ3n) is 4.22. The van der Waals surface area contributed by atoms with Crippen LogP contribution in [0.5, 0.6) is 0 Å². The molecule has 0 unspecified atom stereocenters. The van der Waals surface area contributed by atoms with Gasteiger partial charge in [-0.15, -0.1) is 0 Å². The molecular weight excluding hydrogens is 272 g/mol. The smallest absolute Gasteiger partial charge is 0.178 e. The number of imidazole rings is 1. The maximum atomic E-state index is 5.54. The summed E-state index contributed by atoms with van der Waals surface area (Å²) in [5, 5.41) is 0.845. The first-order valence-electron chi connectivity index (χ1n) is 6.92. The van der Waals surface area contributed by atoms with Crippen molar-refractivity contribution in [2.75, 3.05) is 6.26 Å². The second kappa shape index (κ2) is 5.33. The third kappa shape index (κ3) is 2.48. The van der Waals surface area contributed by atoms with Crippen LogP contribution in [0.2, 0.25) is 0 Å². The van der Waals surface area contributed by atoms with Gasteiger partial charge in [-0.3, -0.25) is 0 Å². The first-order valence-corrected chi connectivity index (χ1v) is 8.62. The first kappa shape index (κ1) is 13.3. The molecule has 0 aliphatic heterocycles. The van der Waals surface area contributed by atoms with Crippen molar-refractivity contribution in [2.24, 2.45) is 0 Å². The highest BCUT2D eigenvalue weighted by atomic mass is 32.2. The average molecular weight is 292 g/mol. The molecule has 0 amide bonds. The van der Waals surface area contributed by atoms with Crippen LogP contribution in [0.25, 0.3) is 11.0 Å². The van der Waals surface area contributed by atoms with Crippen LogP contribution in [-0.2, 0) is 0 Å². The summed E-state index contributed by atoms with van der Waals surface area (Å²) in [7, 11) is 0. The highest BCUT2D eigenvalue weighted by molar-refractivity contribution is 7.99. The van der Waals surface area contributed by atoms with Crippen LogP contribution in [0.15, 0.2) is 18.2 Å². The number of nitrogens with one attached hydrogen (secondary N) is 1. The summed E-state index contributed by atoms with van der Waals surface area (Å²) in [6.07, 6.45) is 7.35. The molecule has 4 heteroatoms. The van der Waals surface area contributed by atoms with Crippen LogP contribution in [-0.4, -0.2) is 21.1 Å². The van der Waals surface area contributed by atoms with E-state index in [1.165, 1.54) is 42.3 Å². The molecular formula is C15H20N2S2. The predicted molar refractivity (Wildman–Crippen MR) is 86.7 cm³/mol. The highest BCUT2D eigenvalue weighted by Gasteiger charge is 2.23. The van der Waals surface area contributed by atoms with Crippen molar-refractivity contribution in [3.63, 3.8) is 0 Å². The topological polar surface area (TPSA) is 20.7 Å². The summed E-state index contributed by atoms with van der Waals surface area (Å²) in [5.74, 6) is 0. The lowest BCUT2D eigenvalue weighted by Gasteiger charge is -2.28. The summed E-state index contributed by atoms with van der Waals surface area (Å²) in [5.41, 5.74) is 3.74. The number of aromatic amines is 1. The molecule has 1 aliphatic rings. The van der Waals surface area contributed by atoms with E-state index in [9.17, 15) is 0 Å². The number of hydrogen-bond acceptors (Lipinski definition) is 2. The highest BCUT2D eigenvalue weighted by Crippen LogP contribution is 2.35. The van der Waals surface area contributed by atoms with Gasteiger partial charge < -0.3 is 9.55 Å². The standard InChI is InChI=1S/C15H20N2S2/c1-10-3-8-13-14(9-10)17(15(18)16-13)11-4-6-12(19-2)7-5-11/h3,8-9,11-12H,4-7H2,1-2H3,(H,16,18). The second-order valence-electron chi connectivity index (χ2n) is 5.49. The van der Waals surface area contributed by atoms with Gasteiger partial charge in [0.2, 0.25) is 0 Å². The minimum atomic E-state index is 0.575. The van der Waals surface area contributed by atoms with Crippen LogP contribution < -0.4 is 0 Å². The van der Waals surface area contributed by atoms with Gasteiger partial charge in [0.25, 0.3) is 0 Å². The third-order valence-corrected chi connectivity index (χ3v) is 5.65. The fraction of sp³-hybridized carbons (Fsp3) is 0.533. The van der Waals surface area contributed by atoms with Crippen LogP contribution in [0, 0.1) is 11.7 Å². The van der Waals surface area contributed by atoms with Crippen molar-refractivity contribution in [2.45, 2.75) is 43.9 Å². The lowest BCUT2D eigenvalue weighted by molar-refractivity contribution is 0.364. The van der Waals surface area contributed by atoms with Gasteiger partial charge in [-0.25, -0.2) is 0 Å². The Bertz CT molecular complexity index is 633. The van der Waals surface area contributed by atoms with E-state index in [-0.39, 0.29) is 0 Å². The molecule has 0 bridgehead atoms. The molecule has 1 aromatic heterocycles. The van der Waals surface area contributed by atoms with E-state index in [0.717, 1.165) is 10.0 Å². The maximum Gasteiger partial charge on any atom is 0.178 e. The fourth-order valence-electron chi connectivity index (χ4n) is 3.13. The summed E-state index contributed by atoms with van der Waals surface area (Å²) in [6, 6.07) is 7.11. The van der Waals surface area contributed by atoms with E-state index in [1.54, 1.807) is 0 Å². The molecule has 1 fully saturated rings. The Kier molecular flexibility index (Phi) is 3.72. The molecule has 1 aliphatic carbocycles. The average Bonchev–Trinajstić information content (AvgIpc) is 2.74. The number of aryl methyl sites for hydroxylation is 1. The number of aromatic nitrogens is 2. The van der Waals surface area contributed by atoms with E-state index in [0.29, 0.717) is 6.04 Å². The predicted octanol–water partition coefficient (Wildman–Crippen LogP) is 4.85. The Morgan fingerprint density at radius 2 is 2.00 bits per heavy atom. The van der Waals surface area contributed by atoms with E-state index in [4.69, 9.17) is 12.2 Å². The zero-order chi connectivity index (χ0) is 13.4. The number of thioether (sulfide) groups is 1. The van der Waals surface area contributed by atoms with E-state index < -0.39 is 0 Å². The van der Waals surface area contributed by atoms with Gasteiger partial charge >= 0.3 is 0 Å². The van der Waals surface area contributed by atoms with Gasteiger partial charge in [-0.2, -0.15) is 11.8 Å². The summed E-state index contributed by atoms with van der Waals surface area (Å²) < 4.78 is 3.24. The van der Waals surface area contributed by atoms with Crippen molar-refractivity contribution in [3.05, 3.63) is 28.5 Å². The number of H-pyrrole nitrogens is 1. The lowest BCUT2D eigenvalue weighted by atomic mass is 9.94. The van der Waals surface area contributed by atoms with Gasteiger partial charge in [0, 0.05) is 11.3 Å². The molecule has 0 atom stereocenters. The Morgan fingerprint density at radius 3 is 2.68 bits per heavy atom. The van der Waals surface area contributed by atoms with Gasteiger partial charge in [0.15, 0.2) is 4.77 Å². The van der Waals surface area contributed by atoms with Gasteiger partial charge in [0.1, 0.15) is 0 Å². The van der Waals surface area contributed by atoms with Crippen molar-refractivity contribution in [3.8, 4) is 0 Å². The monoisotopic (exact) mass is 292 g/mol. The SMILES string of the molecule is CSC1CCC(n2c(=S)[nH]c3ccc(C)cc32)CC1. The quantitative estimate of drug-likeness (QED) is 0.798. The summed E-state index contributed by atoms with van der Waals surface area (Å²) >= 11 is 7.55. The molecule has 1 saturated carbocycles. The molecule has 2 nitrogen and oxygen atoms in total. The van der Waals surface area contributed by atoms with Gasteiger partial charge in [-0.05, 0) is 68.8 Å². The molecule has 0 spiro atoms. The molecule has 1 N–H and O–H groups in total. The molecule has 2 aromatic rings. The number of hydrogen-bond donors (Lipinski definition) is 1. The molecule has 0 radical (unpaired) electrons. The van der Waals surface area contributed by atoms with E-state index >= 15 is 0 Å². The van der Waals surface area contributed by atoms with Crippen LogP contribution in [0.1, 0.15) is 37.3 Å². The Labute approximate surface area is 123 Å². The molecule has 1 aromatic carbocycles. The van der Waals surface area contributed by atoms with Crippen molar-refractivity contribution in [1.82, 2.24) is 9.55 Å². The van der Waals surface area contributed by atoms with Gasteiger partial charge in [0.05, 0.1) is 11.0 Å². The van der Waals surface area contributed by atoms with Crippen LogP contribution >= 0.6 is 24.0 Å². The number of benzene rings is 1. The van der Waals surface area contributed by atoms with Crippen LogP contribution in [0.3, 0.4) is 0 Å². The molecule has 3 rings (SSSR count). The zero-order valence-electron chi connectivity index (χ0n) is 11.5. The lowest BCUT2D eigenvalue weighted by Crippen LogP contribution is -2.19. The molecule has 19 heavy (non-hydrogen) atoms. The second-order valence-corrected chi connectivity index (χ2v) is 7.01. The largest absolute Gasteiger partial charge is 0.331 e. The molecule has 0 saturated heterocycles. The van der Waals surface area contributed by atoms with Gasteiger partial charge in [-0.1, -0.05) is 6.07 Å². The number of nitrogens with zero attached hydrogens (tertiary/aromatic N) is 1.